The molecule has 0 spiro atoms. The van der Waals surface area contributed by atoms with Crippen LogP contribution in [0.3, 0.4) is 0 Å². The lowest BCUT2D eigenvalue weighted by atomic mass is 9.91. The molecule has 0 radical (unpaired) electrons. The number of benzene rings is 1. The SMILES string of the molecule is O=C(NCCO)Oc1cccc2c1CCCC2. The zero-order valence-electron chi connectivity index (χ0n) is 9.74. The fraction of sp³-hybridized carbons (Fsp3) is 0.462. The Morgan fingerprint density at radius 1 is 1.35 bits per heavy atom. The third kappa shape index (κ3) is 2.97. The van der Waals surface area contributed by atoms with E-state index in [9.17, 15) is 4.79 Å². The van der Waals surface area contributed by atoms with Crippen LogP contribution in [0.4, 0.5) is 4.79 Å². The van der Waals surface area contributed by atoms with Crippen LogP contribution in [0.1, 0.15) is 24.0 Å². The number of carbonyl (C=O) groups is 1. The van der Waals surface area contributed by atoms with E-state index in [2.05, 4.69) is 11.4 Å². The lowest BCUT2D eigenvalue weighted by molar-refractivity contribution is 0.195. The van der Waals surface area contributed by atoms with E-state index in [0.29, 0.717) is 5.75 Å². The van der Waals surface area contributed by atoms with Crippen molar-refractivity contribution in [1.82, 2.24) is 5.32 Å². The molecular formula is C13H17NO3. The predicted molar refractivity (Wildman–Crippen MR) is 64.2 cm³/mol. The van der Waals surface area contributed by atoms with Gasteiger partial charge in [0.1, 0.15) is 5.75 Å². The maximum Gasteiger partial charge on any atom is 0.412 e. The minimum absolute atomic E-state index is 0.0814. The molecule has 0 saturated heterocycles. The van der Waals surface area contributed by atoms with Crippen LogP contribution in [-0.4, -0.2) is 24.4 Å². The number of fused-ring (bicyclic) bond motifs is 1. The van der Waals surface area contributed by atoms with Gasteiger partial charge in [0.25, 0.3) is 0 Å². The summed E-state index contributed by atoms with van der Waals surface area (Å²) in [7, 11) is 0. The smallest absolute Gasteiger partial charge is 0.410 e. The monoisotopic (exact) mass is 235 g/mol. The number of hydrogen-bond acceptors (Lipinski definition) is 3. The van der Waals surface area contributed by atoms with E-state index in [-0.39, 0.29) is 13.2 Å². The second kappa shape index (κ2) is 5.68. The second-order valence-electron chi connectivity index (χ2n) is 4.14. The van der Waals surface area contributed by atoms with Gasteiger partial charge < -0.3 is 15.2 Å². The third-order valence-electron chi connectivity index (χ3n) is 2.94. The number of rotatable bonds is 3. The fourth-order valence-corrected chi connectivity index (χ4v) is 2.14. The summed E-state index contributed by atoms with van der Waals surface area (Å²) in [6.07, 6.45) is 3.88. The van der Waals surface area contributed by atoms with Gasteiger partial charge in [0.15, 0.2) is 0 Å². The van der Waals surface area contributed by atoms with Crippen LogP contribution in [0.25, 0.3) is 0 Å². The highest BCUT2D eigenvalue weighted by Crippen LogP contribution is 2.29. The number of hydrogen-bond donors (Lipinski definition) is 2. The molecule has 0 heterocycles. The summed E-state index contributed by atoms with van der Waals surface area (Å²) in [5.41, 5.74) is 2.43. The van der Waals surface area contributed by atoms with Gasteiger partial charge in [0, 0.05) is 6.54 Å². The van der Waals surface area contributed by atoms with Gasteiger partial charge >= 0.3 is 6.09 Å². The average Bonchev–Trinajstić information content (AvgIpc) is 2.37. The van der Waals surface area contributed by atoms with Crippen LogP contribution in [-0.2, 0) is 12.8 Å². The first kappa shape index (κ1) is 11.9. The standard InChI is InChI=1S/C13H17NO3/c15-9-8-14-13(16)17-12-7-3-5-10-4-1-2-6-11(10)12/h3,5,7,15H,1-2,4,6,8-9H2,(H,14,16). The minimum atomic E-state index is -0.502. The Morgan fingerprint density at radius 2 is 2.18 bits per heavy atom. The van der Waals surface area contributed by atoms with Crippen molar-refractivity contribution in [1.29, 1.82) is 0 Å². The Bertz CT molecular complexity index is 404. The van der Waals surface area contributed by atoms with Crippen LogP contribution < -0.4 is 10.1 Å². The molecule has 0 aliphatic heterocycles. The van der Waals surface area contributed by atoms with Crippen molar-refractivity contribution in [2.45, 2.75) is 25.7 Å². The number of aryl methyl sites for hydroxylation is 1. The normalized spacial score (nSPS) is 13.9. The number of carbonyl (C=O) groups excluding carboxylic acids is 1. The predicted octanol–water partition coefficient (Wildman–Crippen LogP) is 1.65. The molecule has 0 bridgehead atoms. The van der Waals surface area contributed by atoms with Crippen molar-refractivity contribution in [3.8, 4) is 5.75 Å². The Morgan fingerprint density at radius 3 is 3.00 bits per heavy atom. The maximum atomic E-state index is 11.4. The van der Waals surface area contributed by atoms with Crippen molar-refractivity contribution in [3.63, 3.8) is 0 Å². The molecule has 92 valence electrons. The van der Waals surface area contributed by atoms with Crippen LogP contribution in [0.5, 0.6) is 5.75 Å². The number of amides is 1. The lowest BCUT2D eigenvalue weighted by Crippen LogP contribution is -2.29. The summed E-state index contributed by atoms with van der Waals surface area (Å²) in [5.74, 6) is 0.651. The van der Waals surface area contributed by atoms with Gasteiger partial charge in [-0.1, -0.05) is 12.1 Å². The van der Waals surface area contributed by atoms with E-state index >= 15 is 0 Å². The Balaban J connectivity index is 2.08. The molecule has 1 amide bonds. The number of ether oxygens (including phenoxy) is 1. The van der Waals surface area contributed by atoms with Crippen LogP contribution in [0.2, 0.25) is 0 Å². The molecule has 0 fully saturated rings. The summed E-state index contributed by atoms with van der Waals surface area (Å²) < 4.78 is 5.25. The quantitative estimate of drug-likeness (QED) is 0.837. The molecule has 2 rings (SSSR count). The highest BCUT2D eigenvalue weighted by molar-refractivity contribution is 5.71. The molecule has 1 aromatic rings. The van der Waals surface area contributed by atoms with Gasteiger partial charge in [0.05, 0.1) is 6.61 Å². The summed E-state index contributed by atoms with van der Waals surface area (Å²) in [5, 5.41) is 11.1. The van der Waals surface area contributed by atoms with E-state index in [4.69, 9.17) is 9.84 Å². The van der Waals surface area contributed by atoms with Crippen LogP contribution in [0, 0.1) is 0 Å². The lowest BCUT2D eigenvalue weighted by Gasteiger charge is -2.18. The van der Waals surface area contributed by atoms with E-state index in [0.717, 1.165) is 24.8 Å². The number of aliphatic hydroxyl groups is 1. The molecule has 4 nitrogen and oxygen atoms in total. The van der Waals surface area contributed by atoms with Gasteiger partial charge in [-0.15, -0.1) is 0 Å². The van der Waals surface area contributed by atoms with Gasteiger partial charge in [-0.3, -0.25) is 0 Å². The zero-order valence-corrected chi connectivity index (χ0v) is 9.74. The Kier molecular flexibility index (Phi) is 3.98. The fourth-order valence-electron chi connectivity index (χ4n) is 2.14. The zero-order chi connectivity index (χ0) is 12.1. The first-order valence-electron chi connectivity index (χ1n) is 5.98. The average molecular weight is 235 g/mol. The van der Waals surface area contributed by atoms with Crippen molar-refractivity contribution < 1.29 is 14.6 Å². The van der Waals surface area contributed by atoms with E-state index in [1.165, 1.54) is 12.0 Å². The minimum Gasteiger partial charge on any atom is -0.410 e. The van der Waals surface area contributed by atoms with Crippen LogP contribution >= 0.6 is 0 Å². The summed E-state index contributed by atoms with van der Waals surface area (Å²) in [6.45, 7) is 0.135. The Labute approximate surface area is 101 Å². The molecule has 17 heavy (non-hydrogen) atoms. The molecule has 2 N–H and O–H groups in total. The van der Waals surface area contributed by atoms with E-state index < -0.39 is 6.09 Å². The van der Waals surface area contributed by atoms with Gasteiger partial charge in [-0.25, -0.2) is 4.79 Å². The maximum absolute atomic E-state index is 11.4. The molecule has 1 aromatic carbocycles. The van der Waals surface area contributed by atoms with Crippen LogP contribution in [0.15, 0.2) is 18.2 Å². The number of nitrogens with one attached hydrogen (secondary N) is 1. The molecule has 0 unspecified atom stereocenters. The topological polar surface area (TPSA) is 58.6 Å². The van der Waals surface area contributed by atoms with Crippen molar-refractivity contribution in [2.24, 2.45) is 0 Å². The molecular weight excluding hydrogens is 218 g/mol. The molecule has 0 aromatic heterocycles. The van der Waals surface area contributed by atoms with Gasteiger partial charge in [-0.05, 0) is 42.9 Å². The summed E-state index contributed by atoms with van der Waals surface area (Å²) in [6, 6.07) is 5.83. The molecule has 1 aliphatic carbocycles. The second-order valence-corrected chi connectivity index (χ2v) is 4.14. The van der Waals surface area contributed by atoms with E-state index in [1.807, 2.05) is 12.1 Å². The molecule has 0 atom stereocenters. The third-order valence-corrected chi connectivity index (χ3v) is 2.94. The highest BCUT2D eigenvalue weighted by Gasteiger charge is 2.15. The first-order chi connectivity index (χ1) is 8.31. The van der Waals surface area contributed by atoms with Crippen molar-refractivity contribution >= 4 is 6.09 Å². The largest absolute Gasteiger partial charge is 0.412 e. The van der Waals surface area contributed by atoms with Gasteiger partial charge in [-0.2, -0.15) is 0 Å². The highest BCUT2D eigenvalue weighted by atomic mass is 16.6. The van der Waals surface area contributed by atoms with Crippen molar-refractivity contribution in [3.05, 3.63) is 29.3 Å². The van der Waals surface area contributed by atoms with Gasteiger partial charge in [0.2, 0.25) is 0 Å². The molecule has 0 saturated carbocycles. The molecule has 4 heteroatoms. The number of aliphatic hydroxyl groups excluding tert-OH is 1. The summed E-state index contributed by atoms with van der Waals surface area (Å²) in [4.78, 5) is 11.4. The van der Waals surface area contributed by atoms with Crippen molar-refractivity contribution in [2.75, 3.05) is 13.2 Å². The molecule has 1 aliphatic rings. The first-order valence-corrected chi connectivity index (χ1v) is 5.98. The Hall–Kier alpha value is -1.55. The van der Waals surface area contributed by atoms with E-state index in [1.54, 1.807) is 0 Å². The summed E-state index contributed by atoms with van der Waals surface area (Å²) >= 11 is 0.